The number of unbranched alkanes of at least 4 members (excludes halogenated alkanes) is 1. The maximum atomic E-state index is 14.0. The molecule has 0 fully saturated rings. The van der Waals surface area contributed by atoms with Crippen LogP contribution in [0.5, 0.6) is 5.75 Å². The van der Waals surface area contributed by atoms with Crippen molar-refractivity contribution in [2.45, 2.75) is 45.6 Å². The molecule has 0 spiro atoms. The number of halogens is 2. The molecule has 0 aliphatic carbocycles. The SMILES string of the molecule is CCCCN(C)Cc1[nH]ncc1-c1cc(OCCCOC)cc(C(C)(F)F)c1. The van der Waals surface area contributed by atoms with Crippen LogP contribution >= 0.6 is 0 Å². The molecule has 1 heterocycles. The van der Waals surface area contributed by atoms with Crippen LogP contribution in [0.3, 0.4) is 0 Å². The summed E-state index contributed by atoms with van der Waals surface area (Å²) in [6.45, 7) is 5.66. The van der Waals surface area contributed by atoms with E-state index in [1.165, 1.54) is 12.1 Å². The lowest BCUT2D eigenvalue weighted by Crippen LogP contribution is -2.19. The van der Waals surface area contributed by atoms with Gasteiger partial charge in [-0.2, -0.15) is 5.10 Å². The van der Waals surface area contributed by atoms with Crippen molar-refractivity contribution < 1.29 is 18.3 Å². The summed E-state index contributed by atoms with van der Waals surface area (Å²) in [6, 6.07) is 4.72. The first-order valence-electron chi connectivity index (χ1n) is 9.71. The number of methoxy groups -OCH3 is 1. The van der Waals surface area contributed by atoms with Gasteiger partial charge in [-0.05, 0) is 43.8 Å². The van der Waals surface area contributed by atoms with Gasteiger partial charge in [0, 0.05) is 44.7 Å². The normalized spacial score (nSPS) is 12.0. The first-order valence-corrected chi connectivity index (χ1v) is 9.71. The predicted molar refractivity (Wildman–Crippen MR) is 107 cm³/mol. The van der Waals surface area contributed by atoms with Crippen LogP contribution in [0.1, 0.15) is 44.4 Å². The Labute approximate surface area is 166 Å². The molecule has 1 aromatic heterocycles. The molecule has 5 nitrogen and oxygen atoms in total. The Morgan fingerprint density at radius 3 is 2.64 bits per heavy atom. The molecular formula is C21H31F2N3O2. The first kappa shape index (κ1) is 22.3. The van der Waals surface area contributed by atoms with E-state index in [0.29, 0.717) is 37.5 Å². The monoisotopic (exact) mass is 395 g/mol. The number of aromatic amines is 1. The maximum Gasteiger partial charge on any atom is 0.270 e. The lowest BCUT2D eigenvalue weighted by atomic mass is 10.00. The molecule has 0 amide bonds. The zero-order valence-corrected chi connectivity index (χ0v) is 17.2. The van der Waals surface area contributed by atoms with E-state index >= 15 is 0 Å². The summed E-state index contributed by atoms with van der Waals surface area (Å²) in [5.74, 6) is -2.53. The number of aromatic nitrogens is 2. The van der Waals surface area contributed by atoms with Gasteiger partial charge < -0.3 is 14.4 Å². The largest absolute Gasteiger partial charge is 0.493 e. The highest BCUT2D eigenvalue weighted by molar-refractivity contribution is 5.68. The molecule has 0 aliphatic rings. The van der Waals surface area contributed by atoms with E-state index in [-0.39, 0.29) is 5.56 Å². The van der Waals surface area contributed by atoms with Crippen molar-refractivity contribution in [1.29, 1.82) is 0 Å². The van der Waals surface area contributed by atoms with Crippen molar-refractivity contribution >= 4 is 0 Å². The number of H-pyrrole nitrogens is 1. The number of nitrogens with one attached hydrogen (secondary N) is 1. The van der Waals surface area contributed by atoms with Gasteiger partial charge in [0.15, 0.2) is 0 Å². The summed E-state index contributed by atoms with van der Waals surface area (Å²) < 4.78 is 38.8. The molecule has 2 aromatic rings. The van der Waals surface area contributed by atoms with Crippen molar-refractivity contribution in [1.82, 2.24) is 15.1 Å². The zero-order chi connectivity index (χ0) is 20.6. The molecule has 7 heteroatoms. The van der Waals surface area contributed by atoms with Crippen LogP contribution < -0.4 is 4.74 Å². The van der Waals surface area contributed by atoms with E-state index in [1.807, 2.05) is 7.05 Å². The Morgan fingerprint density at radius 2 is 1.96 bits per heavy atom. The third-order valence-corrected chi connectivity index (χ3v) is 4.53. The van der Waals surface area contributed by atoms with Crippen molar-refractivity contribution in [3.8, 4) is 16.9 Å². The van der Waals surface area contributed by atoms with Crippen LogP contribution in [0.15, 0.2) is 24.4 Å². The molecule has 28 heavy (non-hydrogen) atoms. The fourth-order valence-electron chi connectivity index (χ4n) is 2.94. The highest BCUT2D eigenvalue weighted by Crippen LogP contribution is 2.35. The maximum absolute atomic E-state index is 14.0. The Hall–Kier alpha value is -1.99. The predicted octanol–water partition coefficient (Wildman–Crippen LogP) is 4.84. The second-order valence-electron chi connectivity index (χ2n) is 7.18. The van der Waals surface area contributed by atoms with Crippen LogP contribution in [0.25, 0.3) is 11.1 Å². The van der Waals surface area contributed by atoms with Crippen LogP contribution in [0, 0.1) is 0 Å². The summed E-state index contributed by atoms with van der Waals surface area (Å²) in [5.41, 5.74) is 2.32. The smallest absolute Gasteiger partial charge is 0.270 e. The Kier molecular flexibility index (Phi) is 8.38. The summed E-state index contributed by atoms with van der Waals surface area (Å²) in [6.07, 6.45) is 4.61. The fraction of sp³-hybridized carbons (Fsp3) is 0.571. The van der Waals surface area contributed by atoms with E-state index in [9.17, 15) is 8.78 Å². The van der Waals surface area contributed by atoms with Crippen molar-refractivity contribution in [2.24, 2.45) is 0 Å². The van der Waals surface area contributed by atoms with Gasteiger partial charge in [-0.15, -0.1) is 0 Å². The minimum Gasteiger partial charge on any atom is -0.493 e. The molecule has 0 bridgehead atoms. The molecule has 1 aromatic carbocycles. The van der Waals surface area contributed by atoms with Crippen molar-refractivity contribution in [2.75, 3.05) is 33.9 Å². The molecule has 2 rings (SSSR count). The van der Waals surface area contributed by atoms with Crippen molar-refractivity contribution in [3.63, 3.8) is 0 Å². The standard InChI is InChI=1S/C21H31F2N3O2/c1-5-6-8-26(3)15-20-19(14-24-25-20)16-11-17(21(2,22)23)13-18(12-16)28-10-7-9-27-4/h11-14H,5-10,15H2,1-4H3,(H,24,25). The number of nitrogens with zero attached hydrogens (tertiary/aromatic N) is 2. The van der Waals surface area contributed by atoms with E-state index in [4.69, 9.17) is 9.47 Å². The minimum absolute atomic E-state index is 0.0711. The number of hydrogen-bond donors (Lipinski definition) is 1. The molecule has 0 aliphatic heterocycles. The second-order valence-corrected chi connectivity index (χ2v) is 7.18. The molecule has 0 saturated carbocycles. The van der Waals surface area contributed by atoms with Gasteiger partial charge in [0.2, 0.25) is 0 Å². The molecular weight excluding hydrogens is 364 g/mol. The third-order valence-electron chi connectivity index (χ3n) is 4.53. The Balaban J connectivity index is 2.27. The van der Waals surface area contributed by atoms with Crippen molar-refractivity contribution in [3.05, 3.63) is 35.7 Å². The molecule has 0 atom stereocenters. The van der Waals surface area contributed by atoms with Gasteiger partial charge in [0.1, 0.15) is 5.75 Å². The van der Waals surface area contributed by atoms with Gasteiger partial charge in [0.05, 0.1) is 18.5 Å². The van der Waals surface area contributed by atoms with E-state index in [1.54, 1.807) is 19.4 Å². The van der Waals surface area contributed by atoms with E-state index in [2.05, 4.69) is 22.0 Å². The molecule has 156 valence electrons. The summed E-state index contributed by atoms with van der Waals surface area (Å²) >= 11 is 0. The minimum atomic E-state index is -2.96. The number of alkyl halides is 2. The van der Waals surface area contributed by atoms with Gasteiger partial charge in [-0.1, -0.05) is 13.3 Å². The average Bonchev–Trinajstić information content (AvgIpc) is 3.10. The molecule has 0 saturated heterocycles. The van der Waals surface area contributed by atoms with Crippen LogP contribution in [0.2, 0.25) is 0 Å². The summed E-state index contributed by atoms with van der Waals surface area (Å²) in [5, 5.41) is 7.16. The fourth-order valence-corrected chi connectivity index (χ4v) is 2.94. The lowest BCUT2D eigenvalue weighted by Gasteiger charge is -2.18. The lowest BCUT2D eigenvalue weighted by molar-refractivity contribution is 0.0172. The van der Waals surface area contributed by atoms with Crippen LogP contribution in [-0.2, 0) is 17.2 Å². The Morgan fingerprint density at radius 1 is 1.18 bits per heavy atom. The molecule has 0 radical (unpaired) electrons. The quantitative estimate of drug-likeness (QED) is 0.523. The van der Waals surface area contributed by atoms with E-state index < -0.39 is 5.92 Å². The number of benzene rings is 1. The van der Waals surface area contributed by atoms with Crippen LogP contribution in [-0.4, -0.2) is 49.0 Å². The zero-order valence-electron chi connectivity index (χ0n) is 17.2. The van der Waals surface area contributed by atoms with E-state index in [0.717, 1.165) is 37.6 Å². The third kappa shape index (κ3) is 6.56. The first-order chi connectivity index (χ1) is 13.3. The highest BCUT2D eigenvalue weighted by atomic mass is 19.3. The van der Waals surface area contributed by atoms with Gasteiger partial charge in [-0.25, -0.2) is 8.78 Å². The molecule has 0 unspecified atom stereocenters. The van der Waals surface area contributed by atoms with Gasteiger partial charge >= 0.3 is 0 Å². The topological polar surface area (TPSA) is 50.4 Å². The van der Waals surface area contributed by atoms with Crippen LogP contribution in [0.4, 0.5) is 8.78 Å². The summed E-state index contributed by atoms with van der Waals surface area (Å²) in [7, 11) is 3.66. The van der Waals surface area contributed by atoms with Gasteiger partial charge in [0.25, 0.3) is 5.92 Å². The molecule has 1 N–H and O–H groups in total. The average molecular weight is 395 g/mol. The second kappa shape index (κ2) is 10.5. The summed E-state index contributed by atoms with van der Waals surface area (Å²) in [4.78, 5) is 2.20. The van der Waals surface area contributed by atoms with Gasteiger partial charge in [-0.3, -0.25) is 5.10 Å². The number of hydrogen-bond acceptors (Lipinski definition) is 4. The highest BCUT2D eigenvalue weighted by Gasteiger charge is 2.26. The Bertz CT molecular complexity index is 729. The number of rotatable bonds is 12. The number of ether oxygens (including phenoxy) is 2.